The third-order valence-electron chi connectivity index (χ3n) is 20.4. The van der Waals surface area contributed by atoms with E-state index in [1.165, 1.54) is 77.9 Å². The quantitative estimate of drug-likeness (QED) is 0.0805. The van der Waals surface area contributed by atoms with Gasteiger partial charge in [0, 0.05) is 102 Å². The summed E-state index contributed by atoms with van der Waals surface area (Å²) in [5.41, 5.74) is 21.3. The lowest BCUT2D eigenvalue weighted by Gasteiger charge is -2.38. The fourth-order valence-electron chi connectivity index (χ4n) is 14.6. The second-order valence-corrected chi connectivity index (χ2v) is 35.5. The smallest absolute Gasteiger partial charge is 0.145 e. The maximum absolute atomic E-state index is 4.85. The standard InChI is InChI=1S/2C16H24N2.C15H25N3.2C15H23N3.C14H22N4/c1-10(2)13-9-18(12(5)6)14-7-8-17-16(11(3)4)15(13)14;1-10(2)13-7-8-17-16-15(13)14(11(3)4)9-18(16)12(5)6;1-10(2)13-7-8-16-18-14(11(3)4)9-17(12(5)6)15(13)18;1-9(2)12-14-13(10(3)4)17-15(11(5)6)18(14)8-7-16-12;1-9(2)12-7-8-16-18-14(12)13(10(3)4)17-15(18)11(5)6;1-8(2)11-13-12(9(3)4)17-14(10(5)6)18(13)16-7-15-11/h2*7-12H,1-6H3;7-12,15H,1-6H3;2*7-11H,1-6H3;7-10H,1-6H3. The normalized spacial score (nSPS) is 14.1. The van der Waals surface area contributed by atoms with Crippen molar-refractivity contribution in [1.82, 2.24) is 77.6 Å². The molecule has 17 nitrogen and oxygen atoms in total. The molecule has 590 valence electrons. The van der Waals surface area contributed by atoms with E-state index in [0.717, 1.165) is 45.7 Å². The van der Waals surface area contributed by atoms with E-state index in [1.54, 1.807) is 6.33 Å². The van der Waals surface area contributed by atoms with E-state index in [2.05, 4.69) is 351 Å². The van der Waals surface area contributed by atoms with Gasteiger partial charge in [0.2, 0.25) is 0 Å². The number of hydrogen-bond donors (Lipinski definition) is 0. The summed E-state index contributed by atoms with van der Waals surface area (Å²) >= 11 is 0. The molecule has 17 heteroatoms. The predicted octanol–water partition coefficient (Wildman–Crippen LogP) is 24.8. The number of imidazole rings is 3. The Kier molecular flexibility index (Phi) is 29.9. The van der Waals surface area contributed by atoms with Crippen molar-refractivity contribution in [2.75, 3.05) is 0 Å². The summed E-state index contributed by atoms with van der Waals surface area (Å²) in [5, 5.41) is 18.4. The van der Waals surface area contributed by atoms with Gasteiger partial charge in [-0.3, -0.25) is 14.4 Å². The van der Waals surface area contributed by atoms with Crippen LogP contribution in [0.5, 0.6) is 0 Å². The van der Waals surface area contributed by atoms with Crippen molar-refractivity contribution in [1.29, 1.82) is 0 Å². The van der Waals surface area contributed by atoms with Gasteiger partial charge < -0.3 is 14.0 Å². The van der Waals surface area contributed by atoms with Gasteiger partial charge in [0.15, 0.2) is 0 Å². The lowest BCUT2D eigenvalue weighted by Crippen LogP contribution is -2.44. The Morgan fingerprint density at radius 1 is 0.343 bits per heavy atom. The van der Waals surface area contributed by atoms with Crippen molar-refractivity contribution >= 4 is 44.7 Å². The molecule has 0 fully saturated rings. The van der Waals surface area contributed by atoms with Crippen LogP contribution in [0.25, 0.3) is 38.5 Å². The van der Waals surface area contributed by atoms with Gasteiger partial charge in [-0.1, -0.05) is 208 Å². The minimum absolute atomic E-state index is 0.285. The summed E-state index contributed by atoms with van der Waals surface area (Å²) in [4.78, 5) is 35.1. The molecule has 0 bridgehead atoms. The summed E-state index contributed by atoms with van der Waals surface area (Å²) in [5.74, 6) is 10.1. The van der Waals surface area contributed by atoms with Crippen LogP contribution in [0, 0.1) is 11.8 Å². The minimum Gasteiger partial charge on any atom is -0.348 e. The highest BCUT2D eigenvalue weighted by Gasteiger charge is 2.39. The number of allylic oxidation sites excluding steroid dienone is 2. The Balaban J connectivity index is 0.000000180. The van der Waals surface area contributed by atoms with Crippen molar-refractivity contribution in [3.63, 3.8) is 0 Å². The number of pyridine rings is 2. The highest BCUT2D eigenvalue weighted by molar-refractivity contribution is 5.87. The van der Waals surface area contributed by atoms with Crippen molar-refractivity contribution < 1.29 is 0 Å². The third kappa shape index (κ3) is 19.0. The van der Waals surface area contributed by atoms with Gasteiger partial charge in [-0.05, 0) is 165 Å². The summed E-state index contributed by atoms with van der Waals surface area (Å²) in [6, 6.07) is 7.87. The number of rotatable bonds is 18. The Bertz CT molecular complexity index is 4070. The first-order valence-electron chi connectivity index (χ1n) is 41.1. The summed E-state index contributed by atoms with van der Waals surface area (Å²) in [6.07, 6.45) is 22.6. The zero-order valence-electron chi connectivity index (χ0n) is 73.7. The van der Waals surface area contributed by atoms with Crippen LogP contribution in [0.1, 0.15) is 412 Å². The zero-order valence-corrected chi connectivity index (χ0v) is 73.7. The first-order chi connectivity index (χ1) is 50.6. The van der Waals surface area contributed by atoms with Crippen molar-refractivity contribution in [2.45, 2.75) is 350 Å². The molecule has 12 rings (SSSR count). The van der Waals surface area contributed by atoms with Crippen LogP contribution in [-0.4, -0.2) is 96.0 Å². The van der Waals surface area contributed by atoms with E-state index in [0.29, 0.717) is 107 Å². The zero-order chi connectivity index (χ0) is 80.7. The Morgan fingerprint density at radius 3 is 1.28 bits per heavy atom. The van der Waals surface area contributed by atoms with Gasteiger partial charge in [-0.25, -0.2) is 39.0 Å². The second kappa shape index (κ2) is 37.1. The highest BCUT2D eigenvalue weighted by Crippen LogP contribution is 2.40. The number of hydrazone groups is 1. The van der Waals surface area contributed by atoms with E-state index < -0.39 is 0 Å². The summed E-state index contributed by atoms with van der Waals surface area (Å²) < 4.78 is 10.9. The average Bonchev–Trinajstić information content (AvgIpc) is 1.65. The molecule has 0 saturated heterocycles. The van der Waals surface area contributed by atoms with Gasteiger partial charge in [0.05, 0.1) is 56.4 Å². The topological polar surface area (TPSA) is 158 Å². The molecule has 10 aromatic rings. The van der Waals surface area contributed by atoms with Gasteiger partial charge in [-0.2, -0.15) is 15.3 Å². The van der Waals surface area contributed by atoms with Gasteiger partial charge >= 0.3 is 0 Å². The molecule has 1 atom stereocenters. The first kappa shape index (κ1) is 87.1. The van der Waals surface area contributed by atoms with Gasteiger partial charge in [-0.15, -0.1) is 0 Å². The average molecular weight is 1470 g/mol. The first-order valence-corrected chi connectivity index (χ1v) is 41.1. The highest BCUT2D eigenvalue weighted by atomic mass is 15.6. The summed E-state index contributed by atoms with van der Waals surface area (Å²) in [6.45, 7) is 79.7. The van der Waals surface area contributed by atoms with E-state index >= 15 is 0 Å². The van der Waals surface area contributed by atoms with Gasteiger partial charge in [0.25, 0.3) is 0 Å². The molecule has 0 N–H and O–H groups in total. The molecule has 12 heterocycles. The lowest BCUT2D eigenvalue weighted by atomic mass is 9.95. The van der Waals surface area contributed by atoms with Crippen LogP contribution in [-0.2, 0) is 0 Å². The fraction of sp³-hybridized carbons (Fsp3) is 0.604. The van der Waals surface area contributed by atoms with Crippen LogP contribution in [0.2, 0.25) is 0 Å². The summed E-state index contributed by atoms with van der Waals surface area (Å²) in [7, 11) is 0. The number of hydrogen-bond acceptors (Lipinski definition) is 12. The van der Waals surface area contributed by atoms with Crippen molar-refractivity contribution in [3.8, 4) is 0 Å². The van der Waals surface area contributed by atoms with E-state index in [-0.39, 0.29) is 6.17 Å². The van der Waals surface area contributed by atoms with E-state index in [1.807, 2.05) is 46.2 Å². The van der Waals surface area contributed by atoms with Crippen LogP contribution >= 0.6 is 0 Å². The molecule has 0 amide bonds. The van der Waals surface area contributed by atoms with Crippen molar-refractivity contribution in [2.24, 2.45) is 16.9 Å². The fourth-order valence-corrected chi connectivity index (χ4v) is 14.6. The van der Waals surface area contributed by atoms with Gasteiger partial charge in [0.1, 0.15) is 41.1 Å². The Labute approximate surface area is 651 Å². The van der Waals surface area contributed by atoms with Crippen LogP contribution in [0.15, 0.2) is 96.6 Å². The maximum atomic E-state index is 4.85. The van der Waals surface area contributed by atoms with Crippen LogP contribution in [0.4, 0.5) is 0 Å². The Morgan fingerprint density at radius 2 is 0.796 bits per heavy atom. The van der Waals surface area contributed by atoms with Crippen LogP contribution < -0.4 is 0 Å². The lowest BCUT2D eigenvalue weighted by molar-refractivity contribution is 0.138. The number of fused-ring (bicyclic) bond motifs is 6. The molecule has 1 unspecified atom stereocenters. The maximum Gasteiger partial charge on any atom is 0.145 e. The molecule has 0 aliphatic carbocycles. The molecular formula is C91H141N17. The molecule has 108 heavy (non-hydrogen) atoms. The molecule has 0 saturated carbocycles. The molecule has 0 spiro atoms. The molecule has 0 aromatic carbocycles. The largest absolute Gasteiger partial charge is 0.348 e. The second-order valence-electron chi connectivity index (χ2n) is 35.5. The molecular weight excluding hydrogens is 1330 g/mol. The number of aromatic nitrogens is 14. The minimum atomic E-state index is 0.285. The number of nitrogens with zero attached hydrogens (tertiary/aromatic N) is 17. The molecule has 2 aliphatic rings. The van der Waals surface area contributed by atoms with E-state index in [4.69, 9.17) is 15.0 Å². The SMILES string of the molecule is CC(C)C1=CC=NN2C(C(C)C)=CN(C(C)C)C12.CC(C)c1ccnc2c1c(C(C)C)cn2C(C)C.CC(C)c1ccnn2c(C(C)C)nc(C(C)C)c12.CC(C)c1cn(C(C)C)c2ccnc(C(C)C)c12.CC(C)c1nccn2c(C(C)C)nc(C(C)C)c12.CC(C)c1ncnn2c(C(C)C)nc(C(C)C)c12. The van der Waals surface area contributed by atoms with Crippen molar-refractivity contribution in [3.05, 3.63) is 165 Å². The predicted molar refractivity (Wildman–Crippen MR) is 457 cm³/mol. The molecule has 2 aliphatic heterocycles. The molecule has 0 radical (unpaired) electrons. The monoisotopic (exact) mass is 1470 g/mol. The molecule has 10 aromatic heterocycles. The third-order valence-corrected chi connectivity index (χ3v) is 20.4. The Hall–Kier alpha value is -8.08. The van der Waals surface area contributed by atoms with E-state index in [9.17, 15) is 0 Å². The van der Waals surface area contributed by atoms with Crippen LogP contribution in [0.3, 0.4) is 0 Å².